The van der Waals surface area contributed by atoms with E-state index in [4.69, 9.17) is 16.3 Å². The number of nitrogens with one attached hydrogen (secondary N) is 1. The molecule has 78 valence electrons. The number of nitrogens with zero attached hydrogens (tertiary/aromatic N) is 2. The van der Waals surface area contributed by atoms with Gasteiger partial charge in [0, 0.05) is 26.0 Å². The molecule has 0 saturated heterocycles. The summed E-state index contributed by atoms with van der Waals surface area (Å²) in [4.78, 5) is 5.87. The summed E-state index contributed by atoms with van der Waals surface area (Å²) in [6.07, 6.45) is 3.64. The van der Waals surface area contributed by atoms with Crippen LogP contribution >= 0.6 is 11.6 Å². The average Bonchev–Trinajstić information content (AvgIpc) is 2.20. The van der Waals surface area contributed by atoms with Crippen LogP contribution in [0.4, 0.5) is 0 Å². The van der Waals surface area contributed by atoms with E-state index in [0.717, 1.165) is 11.4 Å². The lowest BCUT2D eigenvalue weighted by atomic mass is 10.3. The van der Waals surface area contributed by atoms with E-state index in [1.54, 1.807) is 20.4 Å². The van der Waals surface area contributed by atoms with Gasteiger partial charge in [0.25, 0.3) is 0 Å². The number of hydrogen-bond donors (Lipinski definition) is 1. The van der Waals surface area contributed by atoms with Crippen molar-refractivity contribution in [3.63, 3.8) is 0 Å². The van der Waals surface area contributed by atoms with Crippen molar-refractivity contribution in [1.29, 1.82) is 0 Å². The minimum absolute atomic E-state index is 0.424. The van der Waals surface area contributed by atoms with Crippen LogP contribution in [0.1, 0.15) is 0 Å². The van der Waals surface area contributed by atoms with Crippen LogP contribution in [0.25, 0.3) is 0 Å². The maximum atomic E-state index is 5.72. The highest BCUT2D eigenvalue weighted by Gasteiger charge is 2.16. The normalized spacial score (nSPS) is 17.1. The van der Waals surface area contributed by atoms with E-state index in [1.165, 1.54) is 0 Å². The van der Waals surface area contributed by atoms with Gasteiger partial charge in [0.2, 0.25) is 5.88 Å². The maximum absolute atomic E-state index is 5.72. The first kappa shape index (κ1) is 10.9. The van der Waals surface area contributed by atoms with Gasteiger partial charge in [-0.15, -0.1) is 11.6 Å². The Kier molecular flexibility index (Phi) is 3.83. The summed E-state index contributed by atoms with van der Waals surface area (Å²) in [6.45, 7) is 0. The second kappa shape index (κ2) is 4.91. The summed E-state index contributed by atoms with van der Waals surface area (Å²) in [5, 5.41) is 3.07. The first-order valence-corrected chi connectivity index (χ1v) is 4.73. The van der Waals surface area contributed by atoms with Crippen LogP contribution in [-0.4, -0.2) is 38.2 Å². The molecule has 1 rings (SSSR count). The zero-order chi connectivity index (χ0) is 10.6. The first-order chi connectivity index (χ1) is 6.72. The topological polar surface area (TPSA) is 36.9 Å². The molecule has 0 amide bonds. The van der Waals surface area contributed by atoms with Crippen molar-refractivity contribution in [1.82, 2.24) is 10.2 Å². The molecule has 0 aromatic rings. The molecular formula is C9H14ClN3O. The predicted octanol–water partition coefficient (Wildman–Crippen LogP) is 1.12. The molecule has 0 atom stereocenters. The van der Waals surface area contributed by atoms with Gasteiger partial charge in [0.15, 0.2) is 0 Å². The molecule has 0 unspecified atom stereocenters. The molecule has 0 saturated carbocycles. The summed E-state index contributed by atoms with van der Waals surface area (Å²) in [7, 11) is 5.25. The second-order valence-electron chi connectivity index (χ2n) is 2.83. The van der Waals surface area contributed by atoms with Gasteiger partial charge in [0.05, 0.1) is 19.2 Å². The monoisotopic (exact) mass is 215 g/mol. The number of alkyl halides is 1. The highest BCUT2D eigenvalue weighted by Crippen LogP contribution is 2.15. The van der Waals surface area contributed by atoms with Gasteiger partial charge in [-0.1, -0.05) is 0 Å². The van der Waals surface area contributed by atoms with Gasteiger partial charge >= 0.3 is 0 Å². The molecule has 1 aliphatic rings. The van der Waals surface area contributed by atoms with Crippen molar-refractivity contribution < 1.29 is 4.74 Å². The molecule has 0 aliphatic carbocycles. The lowest BCUT2D eigenvalue weighted by molar-refractivity contribution is 0.251. The Hall–Kier alpha value is -1.16. The number of halogens is 1. The molecule has 0 spiro atoms. The Morgan fingerprint density at radius 3 is 2.93 bits per heavy atom. The fourth-order valence-electron chi connectivity index (χ4n) is 1.20. The predicted molar refractivity (Wildman–Crippen MR) is 58.2 cm³/mol. The average molecular weight is 216 g/mol. The standard InChI is InChI=1S/C9H14ClN3O/c1-11-5-8-9(14-3)12-7(4-10)6-13(8)2/h5-6,12H,4H2,1-3H3. The van der Waals surface area contributed by atoms with Crippen molar-refractivity contribution in [3.8, 4) is 0 Å². The molecule has 0 aromatic carbocycles. The molecule has 1 heterocycles. The summed E-state index contributed by atoms with van der Waals surface area (Å²) in [5.74, 6) is 1.09. The lowest BCUT2D eigenvalue weighted by Gasteiger charge is -2.26. The number of allylic oxidation sites excluding steroid dienone is 2. The quantitative estimate of drug-likeness (QED) is 0.566. The minimum atomic E-state index is 0.424. The molecule has 0 fully saturated rings. The highest BCUT2D eigenvalue weighted by molar-refractivity contribution is 6.19. The third kappa shape index (κ3) is 2.20. The van der Waals surface area contributed by atoms with Crippen LogP contribution in [0.2, 0.25) is 0 Å². The van der Waals surface area contributed by atoms with Gasteiger partial charge in [-0.05, 0) is 0 Å². The zero-order valence-corrected chi connectivity index (χ0v) is 9.30. The largest absolute Gasteiger partial charge is 0.481 e. The van der Waals surface area contributed by atoms with Gasteiger partial charge in [-0.25, -0.2) is 0 Å². The third-order valence-corrected chi connectivity index (χ3v) is 2.12. The van der Waals surface area contributed by atoms with E-state index in [0.29, 0.717) is 11.8 Å². The molecule has 0 aromatic heterocycles. The Balaban J connectivity index is 2.94. The minimum Gasteiger partial charge on any atom is -0.481 e. The number of rotatable bonds is 3. The Bertz CT molecular complexity index is 296. The van der Waals surface area contributed by atoms with Crippen LogP contribution < -0.4 is 5.32 Å². The highest BCUT2D eigenvalue weighted by atomic mass is 35.5. The van der Waals surface area contributed by atoms with Crippen LogP contribution in [0.3, 0.4) is 0 Å². The van der Waals surface area contributed by atoms with E-state index < -0.39 is 0 Å². The fourth-order valence-corrected chi connectivity index (χ4v) is 1.34. The molecule has 1 aliphatic heterocycles. The van der Waals surface area contributed by atoms with Gasteiger partial charge in [-0.3, -0.25) is 4.99 Å². The molecule has 0 bridgehead atoms. The smallest absolute Gasteiger partial charge is 0.217 e. The number of ether oxygens (including phenoxy) is 1. The first-order valence-electron chi connectivity index (χ1n) is 4.19. The van der Waals surface area contributed by atoms with Crippen LogP contribution in [0.5, 0.6) is 0 Å². The number of methoxy groups -OCH3 is 1. The summed E-state index contributed by atoms with van der Waals surface area (Å²) < 4.78 is 5.19. The molecule has 4 nitrogen and oxygen atoms in total. The summed E-state index contributed by atoms with van der Waals surface area (Å²) in [6, 6.07) is 0. The van der Waals surface area contributed by atoms with Gasteiger partial charge in [-0.2, -0.15) is 0 Å². The molecule has 0 radical (unpaired) electrons. The molecule has 5 heteroatoms. The van der Waals surface area contributed by atoms with Crippen molar-refractivity contribution in [2.45, 2.75) is 0 Å². The van der Waals surface area contributed by atoms with Crippen molar-refractivity contribution >= 4 is 17.8 Å². The van der Waals surface area contributed by atoms with E-state index >= 15 is 0 Å². The number of aliphatic imine (C=N–C) groups is 1. The zero-order valence-electron chi connectivity index (χ0n) is 8.54. The number of hydrogen-bond acceptors (Lipinski definition) is 4. The van der Waals surface area contributed by atoms with Crippen molar-refractivity contribution in [2.75, 3.05) is 27.1 Å². The second-order valence-corrected chi connectivity index (χ2v) is 3.10. The molecule has 14 heavy (non-hydrogen) atoms. The third-order valence-electron chi connectivity index (χ3n) is 1.84. The maximum Gasteiger partial charge on any atom is 0.217 e. The van der Waals surface area contributed by atoms with Crippen LogP contribution in [-0.2, 0) is 4.74 Å². The van der Waals surface area contributed by atoms with Crippen LogP contribution in [0, 0.1) is 0 Å². The van der Waals surface area contributed by atoms with Crippen LogP contribution in [0.15, 0.2) is 28.5 Å². The van der Waals surface area contributed by atoms with Gasteiger partial charge < -0.3 is 15.0 Å². The van der Waals surface area contributed by atoms with Crippen molar-refractivity contribution in [3.05, 3.63) is 23.5 Å². The van der Waals surface area contributed by atoms with Gasteiger partial charge in [0.1, 0.15) is 5.70 Å². The van der Waals surface area contributed by atoms with E-state index in [9.17, 15) is 0 Å². The summed E-state index contributed by atoms with van der Waals surface area (Å²) in [5.41, 5.74) is 1.78. The lowest BCUT2D eigenvalue weighted by Crippen LogP contribution is -2.30. The SMILES string of the molecule is CN=CC1=C(OC)NC(CCl)=CN1C. The Morgan fingerprint density at radius 2 is 2.43 bits per heavy atom. The molecule has 1 N–H and O–H groups in total. The molecular weight excluding hydrogens is 202 g/mol. The van der Waals surface area contributed by atoms with E-state index in [1.807, 2.05) is 18.1 Å². The Labute approximate surface area is 88.9 Å². The van der Waals surface area contributed by atoms with E-state index in [-0.39, 0.29) is 0 Å². The van der Waals surface area contributed by atoms with Crippen molar-refractivity contribution in [2.24, 2.45) is 4.99 Å². The van der Waals surface area contributed by atoms with E-state index in [2.05, 4.69) is 10.3 Å². The Morgan fingerprint density at radius 1 is 1.71 bits per heavy atom. The summed E-state index contributed by atoms with van der Waals surface area (Å²) >= 11 is 5.72. The fraction of sp³-hybridized carbons (Fsp3) is 0.444.